The van der Waals surface area contributed by atoms with Crippen molar-refractivity contribution in [3.63, 3.8) is 0 Å². The Kier molecular flexibility index (Phi) is 2.92. The van der Waals surface area contributed by atoms with Crippen molar-refractivity contribution in [2.24, 2.45) is 0 Å². The van der Waals surface area contributed by atoms with Gasteiger partial charge in [0.15, 0.2) is 4.34 Å². The Labute approximate surface area is 91.9 Å². The first-order valence-electron chi connectivity index (χ1n) is 3.41. The molecule has 0 aromatic carbocycles. The van der Waals surface area contributed by atoms with Gasteiger partial charge < -0.3 is 0 Å². The SMILES string of the molecule is Brc1ccc(Sc2ncns2)nc1. The highest BCUT2D eigenvalue weighted by atomic mass is 79.9. The molecule has 2 rings (SSSR count). The number of nitrogens with zero attached hydrogens (tertiary/aromatic N) is 3. The minimum absolute atomic E-state index is 0.912. The van der Waals surface area contributed by atoms with Crippen LogP contribution in [0.1, 0.15) is 0 Å². The first kappa shape index (κ1) is 9.11. The van der Waals surface area contributed by atoms with Crippen molar-refractivity contribution in [1.29, 1.82) is 0 Å². The highest BCUT2D eigenvalue weighted by molar-refractivity contribution is 9.10. The summed E-state index contributed by atoms with van der Waals surface area (Å²) in [5.41, 5.74) is 0. The largest absolute Gasteiger partial charge is 0.248 e. The number of aromatic nitrogens is 3. The van der Waals surface area contributed by atoms with E-state index in [0.717, 1.165) is 13.8 Å². The lowest BCUT2D eigenvalue weighted by Gasteiger charge is -1.94. The minimum Gasteiger partial charge on any atom is -0.248 e. The first-order chi connectivity index (χ1) is 6.34. The molecule has 2 aromatic heterocycles. The summed E-state index contributed by atoms with van der Waals surface area (Å²) in [6.45, 7) is 0. The van der Waals surface area contributed by atoms with Crippen LogP contribution >= 0.6 is 39.2 Å². The first-order valence-corrected chi connectivity index (χ1v) is 5.79. The molecule has 66 valence electrons. The van der Waals surface area contributed by atoms with E-state index in [0.29, 0.717) is 0 Å². The van der Waals surface area contributed by atoms with Gasteiger partial charge in [-0.3, -0.25) is 0 Å². The van der Waals surface area contributed by atoms with E-state index in [-0.39, 0.29) is 0 Å². The molecule has 0 aliphatic rings. The molecule has 0 radical (unpaired) electrons. The van der Waals surface area contributed by atoms with Gasteiger partial charge in [-0.05, 0) is 51.4 Å². The third kappa shape index (κ3) is 2.49. The molecule has 0 saturated heterocycles. The van der Waals surface area contributed by atoms with E-state index in [2.05, 4.69) is 30.3 Å². The number of hydrogen-bond acceptors (Lipinski definition) is 5. The molecule has 0 spiro atoms. The Balaban J connectivity index is 2.15. The van der Waals surface area contributed by atoms with E-state index >= 15 is 0 Å². The van der Waals surface area contributed by atoms with Crippen LogP contribution in [-0.2, 0) is 0 Å². The Bertz CT molecular complexity index is 373. The van der Waals surface area contributed by atoms with Gasteiger partial charge in [-0.25, -0.2) is 9.97 Å². The maximum atomic E-state index is 4.21. The van der Waals surface area contributed by atoms with Gasteiger partial charge in [0.2, 0.25) is 0 Å². The Morgan fingerprint density at radius 3 is 2.85 bits per heavy atom. The second-order valence-corrected chi connectivity index (χ2v) is 5.09. The monoisotopic (exact) mass is 273 g/mol. The zero-order valence-corrected chi connectivity index (χ0v) is 9.56. The van der Waals surface area contributed by atoms with Crippen LogP contribution < -0.4 is 0 Å². The predicted molar refractivity (Wildman–Crippen MR) is 56.0 cm³/mol. The standard InChI is InChI=1S/C7H4BrN3S2/c8-5-1-2-6(9-3-5)12-7-10-4-11-13-7/h1-4H. The molecular formula is C7H4BrN3S2. The van der Waals surface area contributed by atoms with E-state index in [1.807, 2.05) is 12.1 Å². The van der Waals surface area contributed by atoms with Crippen molar-refractivity contribution in [3.8, 4) is 0 Å². The molecule has 2 heterocycles. The van der Waals surface area contributed by atoms with Crippen molar-refractivity contribution in [3.05, 3.63) is 29.1 Å². The maximum Gasteiger partial charge on any atom is 0.175 e. The van der Waals surface area contributed by atoms with Crippen molar-refractivity contribution in [2.45, 2.75) is 9.37 Å². The van der Waals surface area contributed by atoms with Crippen molar-refractivity contribution in [2.75, 3.05) is 0 Å². The van der Waals surface area contributed by atoms with Crippen LogP contribution in [0.2, 0.25) is 0 Å². The lowest BCUT2D eigenvalue weighted by molar-refractivity contribution is 1.11. The third-order valence-corrected chi connectivity index (χ3v) is 3.37. The van der Waals surface area contributed by atoms with Gasteiger partial charge in [0.25, 0.3) is 0 Å². The lowest BCUT2D eigenvalue weighted by atomic mass is 10.5. The predicted octanol–water partition coefficient (Wildman–Crippen LogP) is 2.85. The average Bonchev–Trinajstić information content (AvgIpc) is 2.62. The quantitative estimate of drug-likeness (QED) is 0.844. The second-order valence-electron chi connectivity index (χ2n) is 2.12. The summed E-state index contributed by atoms with van der Waals surface area (Å²) in [5, 5.41) is 0.931. The van der Waals surface area contributed by atoms with E-state index in [1.165, 1.54) is 23.3 Å². The lowest BCUT2D eigenvalue weighted by Crippen LogP contribution is -1.77. The molecule has 0 aliphatic carbocycles. The van der Waals surface area contributed by atoms with Gasteiger partial charge >= 0.3 is 0 Å². The average molecular weight is 274 g/mol. The van der Waals surface area contributed by atoms with Gasteiger partial charge in [0.1, 0.15) is 11.4 Å². The Hall–Kier alpha value is -0.460. The van der Waals surface area contributed by atoms with E-state index < -0.39 is 0 Å². The molecule has 6 heteroatoms. The molecule has 0 fully saturated rings. The summed E-state index contributed by atoms with van der Waals surface area (Å²) in [4.78, 5) is 8.26. The maximum absolute atomic E-state index is 4.21. The summed E-state index contributed by atoms with van der Waals surface area (Å²) < 4.78 is 5.80. The molecule has 13 heavy (non-hydrogen) atoms. The van der Waals surface area contributed by atoms with Gasteiger partial charge in [-0.2, -0.15) is 4.37 Å². The van der Waals surface area contributed by atoms with Gasteiger partial charge in [0.05, 0.1) is 0 Å². The van der Waals surface area contributed by atoms with Crippen LogP contribution in [0.15, 0.2) is 38.5 Å². The zero-order valence-electron chi connectivity index (χ0n) is 6.35. The molecule has 2 aromatic rings. The van der Waals surface area contributed by atoms with Crippen LogP contribution in [0, 0.1) is 0 Å². The number of pyridine rings is 1. The van der Waals surface area contributed by atoms with Gasteiger partial charge in [-0.1, -0.05) is 0 Å². The Morgan fingerprint density at radius 2 is 2.23 bits per heavy atom. The Morgan fingerprint density at radius 1 is 1.31 bits per heavy atom. The van der Waals surface area contributed by atoms with Crippen molar-refractivity contribution < 1.29 is 0 Å². The van der Waals surface area contributed by atoms with Gasteiger partial charge in [0, 0.05) is 10.7 Å². The number of hydrogen-bond donors (Lipinski definition) is 0. The fourth-order valence-electron chi connectivity index (χ4n) is 0.720. The van der Waals surface area contributed by atoms with Crippen molar-refractivity contribution in [1.82, 2.24) is 14.3 Å². The minimum atomic E-state index is 0.912. The van der Waals surface area contributed by atoms with E-state index in [1.54, 1.807) is 12.5 Å². The molecule has 0 unspecified atom stereocenters. The van der Waals surface area contributed by atoms with E-state index in [9.17, 15) is 0 Å². The van der Waals surface area contributed by atoms with Crippen molar-refractivity contribution >= 4 is 39.2 Å². The topological polar surface area (TPSA) is 38.7 Å². The van der Waals surface area contributed by atoms with Crippen LogP contribution in [0.5, 0.6) is 0 Å². The molecule has 0 amide bonds. The molecule has 0 aliphatic heterocycles. The third-order valence-electron chi connectivity index (χ3n) is 1.23. The summed E-state index contributed by atoms with van der Waals surface area (Å²) in [6, 6.07) is 3.90. The smallest absolute Gasteiger partial charge is 0.175 e. The fraction of sp³-hybridized carbons (Fsp3) is 0. The summed E-state index contributed by atoms with van der Waals surface area (Å²) >= 11 is 6.21. The number of rotatable bonds is 2. The normalized spacial score (nSPS) is 10.2. The zero-order chi connectivity index (χ0) is 9.10. The van der Waals surface area contributed by atoms with Crippen LogP contribution in [0.4, 0.5) is 0 Å². The highest BCUT2D eigenvalue weighted by Gasteiger charge is 2.00. The molecule has 0 bridgehead atoms. The molecule has 0 atom stereocenters. The summed E-state index contributed by atoms with van der Waals surface area (Å²) in [7, 11) is 0. The van der Waals surface area contributed by atoms with Gasteiger partial charge in [-0.15, -0.1) is 0 Å². The molecule has 3 nitrogen and oxygen atoms in total. The summed E-state index contributed by atoms with van der Waals surface area (Å²) in [6.07, 6.45) is 3.31. The van der Waals surface area contributed by atoms with Crippen LogP contribution in [0.3, 0.4) is 0 Å². The summed E-state index contributed by atoms with van der Waals surface area (Å²) in [5.74, 6) is 0. The highest BCUT2D eigenvalue weighted by Crippen LogP contribution is 2.26. The molecule has 0 saturated carbocycles. The van der Waals surface area contributed by atoms with Crippen LogP contribution in [-0.4, -0.2) is 14.3 Å². The second kappa shape index (κ2) is 4.17. The van der Waals surface area contributed by atoms with Crippen LogP contribution in [0.25, 0.3) is 0 Å². The molecule has 0 N–H and O–H groups in total. The fourth-order valence-corrected chi connectivity index (χ4v) is 2.29. The van der Waals surface area contributed by atoms with E-state index in [4.69, 9.17) is 0 Å². The molecular weight excluding hydrogens is 270 g/mol. The number of halogens is 1.